The van der Waals surface area contributed by atoms with E-state index in [1.54, 1.807) is 12.1 Å². The Kier molecular flexibility index (Phi) is 4.76. The number of nitrogens with zero attached hydrogens (tertiary/aromatic N) is 4. The summed E-state index contributed by atoms with van der Waals surface area (Å²) in [5.74, 6) is 1.45. The van der Waals surface area contributed by atoms with Gasteiger partial charge < -0.3 is 19.9 Å². The number of benzene rings is 1. The van der Waals surface area contributed by atoms with Crippen molar-refractivity contribution in [2.75, 3.05) is 41.4 Å². The van der Waals surface area contributed by atoms with Crippen molar-refractivity contribution < 1.29 is 9.13 Å². The Morgan fingerprint density at radius 3 is 2.79 bits per heavy atom. The molecule has 1 unspecified atom stereocenters. The van der Waals surface area contributed by atoms with E-state index in [1.807, 2.05) is 18.3 Å². The molecule has 148 valence electrons. The number of piperidine rings is 1. The molecule has 0 aliphatic carbocycles. The third-order valence-corrected chi connectivity index (χ3v) is 6.22. The normalized spacial score (nSPS) is 27.1. The lowest BCUT2D eigenvalue weighted by Gasteiger charge is -2.42. The van der Waals surface area contributed by atoms with E-state index in [9.17, 15) is 4.39 Å². The minimum atomic E-state index is -0.173. The van der Waals surface area contributed by atoms with Crippen LogP contribution in [0.2, 0.25) is 0 Å². The first-order valence-electron chi connectivity index (χ1n) is 10.2. The summed E-state index contributed by atoms with van der Waals surface area (Å²) < 4.78 is 19.2. The lowest BCUT2D eigenvalue weighted by Crippen LogP contribution is -2.50. The number of morpholine rings is 1. The zero-order chi connectivity index (χ0) is 18.9. The molecule has 3 fully saturated rings. The van der Waals surface area contributed by atoms with E-state index >= 15 is 0 Å². The molecule has 0 spiro atoms. The molecule has 1 aromatic heterocycles. The van der Waals surface area contributed by atoms with Gasteiger partial charge in [0.2, 0.25) is 5.95 Å². The highest BCUT2D eigenvalue weighted by Crippen LogP contribution is 2.40. The van der Waals surface area contributed by atoms with Crippen molar-refractivity contribution >= 4 is 17.5 Å². The van der Waals surface area contributed by atoms with Crippen LogP contribution in [0.4, 0.5) is 21.8 Å². The molecule has 6 nitrogen and oxygen atoms in total. The molecular weight excluding hydrogens is 357 g/mol. The quantitative estimate of drug-likeness (QED) is 0.876. The van der Waals surface area contributed by atoms with Crippen LogP contribution in [-0.4, -0.2) is 54.4 Å². The van der Waals surface area contributed by atoms with Gasteiger partial charge >= 0.3 is 0 Å². The second-order valence-electron chi connectivity index (χ2n) is 7.85. The molecule has 0 radical (unpaired) electrons. The zero-order valence-corrected chi connectivity index (χ0v) is 15.9. The fourth-order valence-electron chi connectivity index (χ4n) is 4.92. The molecule has 0 saturated carbocycles. The van der Waals surface area contributed by atoms with E-state index < -0.39 is 0 Å². The summed E-state index contributed by atoms with van der Waals surface area (Å²) in [5.41, 5.74) is 0.988. The van der Waals surface area contributed by atoms with Crippen LogP contribution in [0.5, 0.6) is 0 Å². The van der Waals surface area contributed by atoms with Crippen LogP contribution < -0.4 is 15.1 Å². The Hall–Kier alpha value is -2.41. The molecular formula is C21H26FN5O. The molecule has 2 bridgehead atoms. The van der Waals surface area contributed by atoms with Crippen molar-refractivity contribution in [1.29, 1.82) is 0 Å². The van der Waals surface area contributed by atoms with E-state index in [2.05, 4.69) is 20.1 Å². The molecule has 4 heterocycles. The summed E-state index contributed by atoms with van der Waals surface area (Å²) in [7, 11) is 0. The van der Waals surface area contributed by atoms with Gasteiger partial charge in [-0.15, -0.1) is 0 Å². The second kappa shape index (κ2) is 7.54. The van der Waals surface area contributed by atoms with Crippen molar-refractivity contribution in [2.24, 2.45) is 0 Å². The second-order valence-corrected chi connectivity index (χ2v) is 7.85. The topological polar surface area (TPSA) is 53.5 Å². The first-order valence-corrected chi connectivity index (χ1v) is 10.2. The van der Waals surface area contributed by atoms with Gasteiger partial charge in [0.25, 0.3) is 0 Å². The van der Waals surface area contributed by atoms with Crippen LogP contribution in [0, 0.1) is 5.82 Å². The molecule has 1 N–H and O–H groups in total. The number of rotatable bonds is 4. The molecule has 28 heavy (non-hydrogen) atoms. The highest BCUT2D eigenvalue weighted by atomic mass is 19.1. The minimum Gasteiger partial charge on any atom is -0.378 e. The maximum atomic E-state index is 13.8. The van der Waals surface area contributed by atoms with E-state index in [4.69, 9.17) is 9.72 Å². The summed E-state index contributed by atoms with van der Waals surface area (Å²) in [6.45, 7) is 3.19. The van der Waals surface area contributed by atoms with Crippen molar-refractivity contribution in [2.45, 2.75) is 43.8 Å². The van der Waals surface area contributed by atoms with Crippen LogP contribution in [-0.2, 0) is 4.74 Å². The van der Waals surface area contributed by atoms with Crippen molar-refractivity contribution in [1.82, 2.24) is 9.97 Å². The van der Waals surface area contributed by atoms with Crippen LogP contribution >= 0.6 is 0 Å². The third kappa shape index (κ3) is 3.39. The van der Waals surface area contributed by atoms with E-state index in [0.717, 1.165) is 63.5 Å². The Morgan fingerprint density at radius 2 is 1.93 bits per heavy atom. The van der Waals surface area contributed by atoms with E-state index in [-0.39, 0.29) is 11.9 Å². The van der Waals surface area contributed by atoms with Gasteiger partial charge in [-0.25, -0.2) is 9.37 Å². The largest absolute Gasteiger partial charge is 0.378 e. The van der Waals surface area contributed by atoms with Crippen LogP contribution in [0.1, 0.15) is 25.7 Å². The Labute approximate surface area is 164 Å². The lowest BCUT2D eigenvalue weighted by molar-refractivity contribution is 0.122. The van der Waals surface area contributed by atoms with Crippen molar-refractivity contribution in [3.8, 4) is 0 Å². The van der Waals surface area contributed by atoms with Gasteiger partial charge in [-0.2, -0.15) is 4.98 Å². The predicted octanol–water partition coefficient (Wildman–Crippen LogP) is 3.06. The van der Waals surface area contributed by atoms with Crippen LogP contribution in [0.3, 0.4) is 0 Å². The van der Waals surface area contributed by atoms with Crippen molar-refractivity contribution in [3.63, 3.8) is 0 Å². The molecule has 5 rings (SSSR count). The van der Waals surface area contributed by atoms with Crippen LogP contribution in [0.15, 0.2) is 36.5 Å². The summed E-state index contributed by atoms with van der Waals surface area (Å²) in [6, 6.07) is 10.1. The minimum absolute atomic E-state index is 0.173. The van der Waals surface area contributed by atoms with Gasteiger partial charge in [-0.3, -0.25) is 0 Å². The monoisotopic (exact) mass is 383 g/mol. The Balaban J connectivity index is 1.34. The molecule has 3 aliphatic rings. The zero-order valence-electron chi connectivity index (χ0n) is 15.9. The number of halogens is 1. The third-order valence-electron chi connectivity index (χ3n) is 6.22. The molecule has 2 aromatic rings. The van der Waals surface area contributed by atoms with Crippen LogP contribution in [0.25, 0.3) is 0 Å². The number of nitrogens with one attached hydrogen (secondary N) is 1. The molecule has 3 atom stereocenters. The molecule has 0 amide bonds. The first-order chi connectivity index (χ1) is 13.8. The average molecular weight is 383 g/mol. The standard InChI is InChI=1S/C21H26FN5O/c22-15-2-1-3-17(14-15)27-16-4-6-18(19(27)7-5-16)24-21-23-9-8-20(25-21)26-10-12-28-13-11-26/h1-3,8-9,14,16,18-19H,4-7,10-13H2,(H,23,24,25)/t16-,18-,19?/m1/s1. The number of hydrogen-bond donors (Lipinski definition) is 1. The summed E-state index contributed by atoms with van der Waals surface area (Å²) in [5, 5.41) is 3.59. The van der Waals surface area contributed by atoms with Gasteiger partial charge in [-0.1, -0.05) is 6.07 Å². The van der Waals surface area contributed by atoms with Gasteiger partial charge in [0.05, 0.1) is 13.2 Å². The molecule has 3 saturated heterocycles. The maximum Gasteiger partial charge on any atom is 0.224 e. The lowest BCUT2D eigenvalue weighted by atomic mass is 9.96. The first kappa shape index (κ1) is 17.7. The fraction of sp³-hybridized carbons (Fsp3) is 0.524. The molecule has 7 heteroatoms. The van der Waals surface area contributed by atoms with Crippen molar-refractivity contribution in [3.05, 3.63) is 42.3 Å². The summed E-state index contributed by atoms with van der Waals surface area (Å²) in [6.07, 6.45) is 6.29. The van der Waals surface area contributed by atoms with Gasteiger partial charge in [-0.05, 0) is 49.9 Å². The van der Waals surface area contributed by atoms with Gasteiger partial charge in [0, 0.05) is 43.1 Å². The van der Waals surface area contributed by atoms with E-state index in [1.165, 1.54) is 6.07 Å². The fourth-order valence-corrected chi connectivity index (χ4v) is 4.92. The number of ether oxygens (including phenoxy) is 1. The highest BCUT2D eigenvalue weighted by Gasteiger charge is 2.42. The molecule has 3 aliphatic heterocycles. The van der Waals surface area contributed by atoms with E-state index in [0.29, 0.717) is 18.0 Å². The summed E-state index contributed by atoms with van der Waals surface area (Å²) >= 11 is 0. The number of fused-ring (bicyclic) bond motifs is 2. The maximum absolute atomic E-state index is 13.8. The summed E-state index contributed by atoms with van der Waals surface area (Å²) in [4.78, 5) is 13.9. The highest BCUT2D eigenvalue weighted by molar-refractivity contribution is 5.52. The average Bonchev–Trinajstić information content (AvgIpc) is 3.06. The predicted molar refractivity (Wildman–Crippen MR) is 107 cm³/mol. The Bertz CT molecular complexity index is 828. The molecule has 1 aromatic carbocycles. The number of hydrogen-bond acceptors (Lipinski definition) is 6. The number of anilines is 3. The smallest absolute Gasteiger partial charge is 0.224 e. The number of aromatic nitrogens is 2. The van der Waals surface area contributed by atoms with Gasteiger partial charge in [0.1, 0.15) is 11.6 Å². The van der Waals surface area contributed by atoms with Gasteiger partial charge in [0.15, 0.2) is 0 Å². The Morgan fingerprint density at radius 1 is 1.07 bits per heavy atom. The SMILES string of the molecule is Fc1cccc(N2C3CC[C@H]2CC[C@H]3Nc2nccc(N3CCOCC3)n2)c1.